The Labute approximate surface area is 186 Å². The highest BCUT2D eigenvalue weighted by atomic mass is 32.2. The van der Waals surface area contributed by atoms with Crippen molar-refractivity contribution < 1.29 is 8.42 Å². The molecule has 32 heavy (non-hydrogen) atoms. The number of benzene rings is 3. The van der Waals surface area contributed by atoms with E-state index in [-0.39, 0.29) is 4.90 Å². The molecule has 0 saturated heterocycles. The first-order valence-corrected chi connectivity index (χ1v) is 11.9. The van der Waals surface area contributed by atoms with Crippen LogP contribution in [0, 0.1) is 6.92 Å². The molecule has 0 bridgehead atoms. The van der Waals surface area contributed by atoms with Gasteiger partial charge in [-0.05, 0) is 42.8 Å². The summed E-state index contributed by atoms with van der Waals surface area (Å²) in [5, 5.41) is 1.81. The van der Waals surface area contributed by atoms with E-state index in [0.717, 1.165) is 33.0 Å². The fourth-order valence-electron chi connectivity index (χ4n) is 4.39. The number of para-hydroxylation sites is 1. The summed E-state index contributed by atoms with van der Waals surface area (Å²) >= 11 is 0. The Balaban J connectivity index is 1.67. The second-order valence-electron chi connectivity index (χ2n) is 8.10. The number of pyridine rings is 1. The molecule has 3 aromatic heterocycles. The van der Waals surface area contributed by atoms with Crippen molar-refractivity contribution >= 4 is 37.3 Å². The number of rotatable bonds is 3. The van der Waals surface area contributed by atoms with Gasteiger partial charge in [-0.3, -0.25) is 0 Å². The first kappa shape index (κ1) is 18.9. The van der Waals surface area contributed by atoms with Crippen LogP contribution >= 0.6 is 0 Å². The zero-order valence-corrected chi connectivity index (χ0v) is 18.3. The van der Waals surface area contributed by atoms with Crippen molar-refractivity contribution in [3.63, 3.8) is 0 Å². The van der Waals surface area contributed by atoms with E-state index in [2.05, 4.69) is 28.8 Å². The van der Waals surface area contributed by atoms with Crippen molar-refractivity contribution in [1.82, 2.24) is 8.37 Å². The highest BCUT2D eigenvalue weighted by molar-refractivity contribution is 7.90. The van der Waals surface area contributed by atoms with Crippen LogP contribution in [-0.4, -0.2) is 16.8 Å². The quantitative estimate of drug-likeness (QED) is 0.329. The summed E-state index contributed by atoms with van der Waals surface area (Å²) in [5.41, 5.74) is 5.54. The molecule has 5 heteroatoms. The number of nitrogens with zero attached hydrogens (tertiary/aromatic N) is 2. The molecule has 4 nitrogen and oxygen atoms in total. The Bertz CT molecular complexity index is 1730. The van der Waals surface area contributed by atoms with E-state index in [0.29, 0.717) is 11.0 Å². The zero-order valence-electron chi connectivity index (χ0n) is 17.4. The topological polar surface area (TPSA) is 43.5 Å². The van der Waals surface area contributed by atoms with Crippen molar-refractivity contribution in [2.45, 2.75) is 11.8 Å². The zero-order chi connectivity index (χ0) is 21.9. The number of fused-ring (bicyclic) bond motifs is 4. The smallest absolute Gasteiger partial charge is 0.268 e. The highest BCUT2D eigenvalue weighted by Crippen LogP contribution is 2.34. The van der Waals surface area contributed by atoms with Gasteiger partial charge in [0.2, 0.25) is 0 Å². The molecule has 0 atom stereocenters. The fourth-order valence-corrected chi connectivity index (χ4v) is 5.91. The Morgan fingerprint density at radius 3 is 2.16 bits per heavy atom. The molecule has 0 radical (unpaired) electrons. The van der Waals surface area contributed by atoms with Gasteiger partial charge in [-0.2, -0.15) is 0 Å². The summed E-state index contributed by atoms with van der Waals surface area (Å²) in [6.45, 7) is 1.95. The second-order valence-corrected chi connectivity index (χ2v) is 9.89. The van der Waals surface area contributed by atoms with Crippen molar-refractivity contribution in [2.75, 3.05) is 0 Å². The van der Waals surface area contributed by atoms with E-state index < -0.39 is 10.0 Å². The molecule has 6 aromatic rings. The summed E-state index contributed by atoms with van der Waals surface area (Å²) < 4.78 is 31.1. The molecule has 0 spiro atoms. The molecule has 0 aliphatic heterocycles. The first-order chi connectivity index (χ1) is 15.5. The number of aromatic nitrogens is 2. The van der Waals surface area contributed by atoms with Crippen LogP contribution in [0.5, 0.6) is 0 Å². The lowest BCUT2D eigenvalue weighted by Gasteiger charge is -2.10. The maximum Gasteiger partial charge on any atom is 0.268 e. The Hall–Kier alpha value is -3.83. The predicted octanol–water partition coefficient (Wildman–Crippen LogP) is 6.26. The largest absolute Gasteiger partial charge is 0.322 e. The molecule has 6 rings (SSSR count). The molecule has 0 saturated carbocycles. The van der Waals surface area contributed by atoms with Crippen LogP contribution < -0.4 is 0 Å². The minimum atomic E-state index is -3.77. The molecular formula is C27H20N2O2S. The normalized spacial score (nSPS) is 12.2. The molecule has 0 aliphatic rings. The summed E-state index contributed by atoms with van der Waals surface area (Å²) in [6, 6.07) is 28.9. The molecule has 156 valence electrons. The Morgan fingerprint density at radius 2 is 1.38 bits per heavy atom. The van der Waals surface area contributed by atoms with Crippen LogP contribution in [0.2, 0.25) is 0 Å². The molecule has 0 aliphatic carbocycles. The van der Waals surface area contributed by atoms with Crippen LogP contribution in [0.15, 0.2) is 108 Å². The maximum absolute atomic E-state index is 13.8. The Morgan fingerprint density at radius 1 is 0.656 bits per heavy atom. The third kappa shape index (κ3) is 2.78. The standard InChI is InChI=1S/C27H20N2O2S/c1-19-11-13-23(14-12-19)32(30,31)29-26-10-6-5-9-24(26)25-18-28-17-21(15-22(28)16-27(25)29)20-7-3-2-4-8-20/h2-18H,1H3. The maximum atomic E-state index is 13.8. The molecular weight excluding hydrogens is 416 g/mol. The van der Waals surface area contributed by atoms with Crippen molar-refractivity contribution in [3.8, 4) is 11.1 Å². The molecule has 3 aromatic carbocycles. The van der Waals surface area contributed by atoms with E-state index in [9.17, 15) is 8.42 Å². The minimum Gasteiger partial charge on any atom is -0.322 e. The number of hydrogen-bond acceptors (Lipinski definition) is 2. The lowest BCUT2D eigenvalue weighted by atomic mass is 10.1. The fraction of sp³-hybridized carbons (Fsp3) is 0.0370. The van der Waals surface area contributed by atoms with Crippen molar-refractivity contribution in [1.29, 1.82) is 0 Å². The van der Waals surface area contributed by atoms with E-state index in [1.165, 1.54) is 3.97 Å². The van der Waals surface area contributed by atoms with Crippen LogP contribution in [0.3, 0.4) is 0 Å². The van der Waals surface area contributed by atoms with Crippen molar-refractivity contribution in [3.05, 3.63) is 109 Å². The average Bonchev–Trinajstić information content (AvgIpc) is 3.37. The van der Waals surface area contributed by atoms with Gasteiger partial charge in [-0.1, -0.05) is 66.2 Å². The van der Waals surface area contributed by atoms with Crippen LogP contribution in [0.1, 0.15) is 5.56 Å². The highest BCUT2D eigenvalue weighted by Gasteiger charge is 2.23. The predicted molar refractivity (Wildman–Crippen MR) is 130 cm³/mol. The summed E-state index contributed by atoms with van der Waals surface area (Å²) in [4.78, 5) is 0.283. The van der Waals surface area contributed by atoms with E-state index in [1.807, 2.05) is 73.8 Å². The van der Waals surface area contributed by atoms with Gasteiger partial charge in [-0.25, -0.2) is 12.4 Å². The summed E-state index contributed by atoms with van der Waals surface area (Å²) in [5.74, 6) is 0. The lowest BCUT2D eigenvalue weighted by molar-refractivity contribution is 0.590. The monoisotopic (exact) mass is 436 g/mol. The average molecular weight is 437 g/mol. The van der Waals surface area contributed by atoms with E-state index in [4.69, 9.17) is 0 Å². The third-order valence-corrected chi connectivity index (χ3v) is 7.75. The molecule has 0 unspecified atom stereocenters. The lowest BCUT2D eigenvalue weighted by Crippen LogP contribution is -2.12. The van der Waals surface area contributed by atoms with E-state index in [1.54, 1.807) is 12.1 Å². The van der Waals surface area contributed by atoms with E-state index >= 15 is 0 Å². The summed E-state index contributed by atoms with van der Waals surface area (Å²) in [6.07, 6.45) is 4.12. The van der Waals surface area contributed by atoms with Gasteiger partial charge < -0.3 is 4.40 Å². The number of hydrogen-bond donors (Lipinski definition) is 0. The van der Waals surface area contributed by atoms with Gasteiger partial charge >= 0.3 is 0 Å². The van der Waals surface area contributed by atoms with Crippen LogP contribution in [0.25, 0.3) is 38.4 Å². The Kier molecular flexibility index (Phi) is 4.04. The second kappa shape index (κ2) is 6.84. The van der Waals surface area contributed by atoms with Crippen molar-refractivity contribution in [2.24, 2.45) is 0 Å². The van der Waals surface area contributed by atoms with Gasteiger partial charge in [0.15, 0.2) is 0 Å². The number of aryl methyl sites for hydroxylation is 1. The molecule has 3 heterocycles. The molecule has 0 N–H and O–H groups in total. The van der Waals surface area contributed by atoms with Gasteiger partial charge in [-0.15, -0.1) is 0 Å². The summed E-state index contributed by atoms with van der Waals surface area (Å²) in [7, 11) is -3.77. The molecule has 0 fully saturated rings. The van der Waals surface area contributed by atoms with Crippen LogP contribution in [0.4, 0.5) is 0 Å². The third-order valence-electron chi connectivity index (χ3n) is 6.01. The van der Waals surface area contributed by atoms with Gasteiger partial charge in [0.05, 0.1) is 15.9 Å². The SMILES string of the molecule is Cc1ccc(S(=O)(=O)n2c3ccccc3c3cn4cc(-c5ccccc5)cc4cc32)cc1. The minimum absolute atomic E-state index is 0.283. The van der Waals surface area contributed by atoms with Gasteiger partial charge in [0.25, 0.3) is 10.0 Å². The molecule has 0 amide bonds. The van der Waals surface area contributed by atoms with Crippen LogP contribution in [-0.2, 0) is 10.0 Å². The first-order valence-electron chi connectivity index (χ1n) is 10.4. The van der Waals surface area contributed by atoms with Gasteiger partial charge in [0.1, 0.15) is 0 Å². The van der Waals surface area contributed by atoms with Gasteiger partial charge in [0, 0.05) is 34.2 Å².